The van der Waals surface area contributed by atoms with E-state index in [4.69, 9.17) is 14.2 Å². The van der Waals surface area contributed by atoms with Crippen molar-refractivity contribution in [3.63, 3.8) is 0 Å². The number of pyridine rings is 1. The molecule has 0 spiro atoms. The molecular formula is C27H34N4O8. The standard InChI is InChI=1S/C27H34N4O8/c1-3-38-27(36)31-13-11-30(12-14-31)26(35)21(9-10-24(32)33)29-25(34)23-18-20(39-16-15-37-2)17-22(28-23)19-7-5-4-6-8-19/h4-8,17-18,21H,3,9-16H2,1-2H3,(H,29,34)(H,32,33)/t21-/m0/s1. The van der Waals surface area contributed by atoms with Crippen LogP contribution in [0.4, 0.5) is 4.79 Å². The number of hydrogen-bond donors (Lipinski definition) is 2. The Kier molecular flexibility index (Phi) is 11.0. The highest BCUT2D eigenvalue weighted by atomic mass is 16.6. The maximum absolute atomic E-state index is 13.3. The first-order valence-corrected chi connectivity index (χ1v) is 12.7. The molecule has 1 aliphatic rings. The fourth-order valence-corrected chi connectivity index (χ4v) is 4.01. The van der Waals surface area contributed by atoms with Crippen LogP contribution in [0.1, 0.15) is 30.3 Å². The molecule has 12 heteroatoms. The number of nitrogens with zero attached hydrogens (tertiary/aromatic N) is 3. The third kappa shape index (κ3) is 8.67. The van der Waals surface area contributed by atoms with Crippen molar-refractivity contribution in [1.82, 2.24) is 20.1 Å². The minimum Gasteiger partial charge on any atom is -0.491 e. The van der Waals surface area contributed by atoms with Crippen molar-refractivity contribution < 1.29 is 38.5 Å². The molecule has 2 heterocycles. The Hall–Kier alpha value is -4.19. The van der Waals surface area contributed by atoms with Gasteiger partial charge in [-0.3, -0.25) is 14.4 Å². The number of aromatic nitrogens is 1. The number of amides is 3. The quantitative estimate of drug-likeness (QED) is 0.385. The van der Waals surface area contributed by atoms with Gasteiger partial charge in [0.1, 0.15) is 24.1 Å². The monoisotopic (exact) mass is 542 g/mol. The molecule has 0 bridgehead atoms. The van der Waals surface area contributed by atoms with Gasteiger partial charge in [0.25, 0.3) is 5.91 Å². The number of nitrogens with one attached hydrogen (secondary N) is 1. The van der Waals surface area contributed by atoms with Crippen LogP contribution in [-0.2, 0) is 19.1 Å². The fourth-order valence-electron chi connectivity index (χ4n) is 4.01. The van der Waals surface area contributed by atoms with Crippen LogP contribution >= 0.6 is 0 Å². The summed E-state index contributed by atoms with van der Waals surface area (Å²) in [6, 6.07) is 11.3. The number of benzene rings is 1. The van der Waals surface area contributed by atoms with Gasteiger partial charge >= 0.3 is 12.1 Å². The molecule has 1 aromatic heterocycles. The zero-order chi connectivity index (χ0) is 28.2. The number of methoxy groups -OCH3 is 1. The Labute approximate surface area is 226 Å². The van der Waals surface area contributed by atoms with Crippen molar-refractivity contribution >= 4 is 23.9 Å². The van der Waals surface area contributed by atoms with Crippen LogP contribution < -0.4 is 10.1 Å². The Bertz CT molecular complexity index is 1140. The van der Waals surface area contributed by atoms with Crippen molar-refractivity contribution in [2.24, 2.45) is 0 Å². The van der Waals surface area contributed by atoms with E-state index < -0.39 is 29.9 Å². The van der Waals surface area contributed by atoms with Crippen LogP contribution in [0.15, 0.2) is 42.5 Å². The molecule has 1 atom stereocenters. The predicted octanol–water partition coefficient (Wildman–Crippen LogP) is 2.04. The third-order valence-corrected chi connectivity index (χ3v) is 6.02. The molecule has 0 radical (unpaired) electrons. The van der Waals surface area contributed by atoms with Crippen molar-refractivity contribution in [1.29, 1.82) is 0 Å². The maximum Gasteiger partial charge on any atom is 0.409 e. The average molecular weight is 543 g/mol. The Morgan fingerprint density at radius 3 is 2.36 bits per heavy atom. The van der Waals surface area contributed by atoms with Gasteiger partial charge in [-0.25, -0.2) is 9.78 Å². The van der Waals surface area contributed by atoms with E-state index in [1.54, 1.807) is 20.1 Å². The van der Waals surface area contributed by atoms with E-state index in [1.165, 1.54) is 15.9 Å². The van der Waals surface area contributed by atoms with Crippen LogP contribution in [0.5, 0.6) is 5.75 Å². The van der Waals surface area contributed by atoms with Gasteiger partial charge in [-0.15, -0.1) is 0 Å². The van der Waals surface area contributed by atoms with E-state index in [9.17, 15) is 24.3 Å². The van der Waals surface area contributed by atoms with Gasteiger partial charge in [-0.1, -0.05) is 30.3 Å². The number of carboxylic acids is 1. The van der Waals surface area contributed by atoms with Crippen molar-refractivity contribution in [2.75, 3.05) is 53.1 Å². The maximum atomic E-state index is 13.3. The smallest absolute Gasteiger partial charge is 0.409 e. The SMILES string of the molecule is CCOC(=O)N1CCN(C(=O)[C@H](CCC(=O)O)NC(=O)c2cc(OCCOC)cc(-c3ccccc3)n2)CC1. The highest BCUT2D eigenvalue weighted by Crippen LogP contribution is 2.23. The molecule has 3 amide bonds. The number of carbonyl (C=O) groups excluding carboxylic acids is 3. The van der Waals surface area contributed by atoms with Crippen LogP contribution in [-0.4, -0.2) is 103 Å². The lowest BCUT2D eigenvalue weighted by atomic mass is 10.1. The summed E-state index contributed by atoms with van der Waals surface area (Å²) in [7, 11) is 1.55. The average Bonchev–Trinajstić information content (AvgIpc) is 2.95. The summed E-state index contributed by atoms with van der Waals surface area (Å²) in [5.74, 6) is -1.76. The van der Waals surface area contributed by atoms with E-state index in [0.717, 1.165) is 5.56 Å². The second-order valence-electron chi connectivity index (χ2n) is 8.75. The normalized spacial score (nSPS) is 13.9. The van der Waals surface area contributed by atoms with E-state index in [1.807, 2.05) is 30.3 Å². The first-order chi connectivity index (χ1) is 18.8. The molecule has 210 valence electrons. The topological polar surface area (TPSA) is 148 Å². The molecule has 1 saturated heterocycles. The largest absolute Gasteiger partial charge is 0.491 e. The van der Waals surface area contributed by atoms with Crippen LogP contribution in [0.2, 0.25) is 0 Å². The lowest BCUT2D eigenvalue weighted by Crippen LogP contribution is -2.56. The molecule has 0 saturated carbocycles. The number of piperazine rings is 1. The molecule has 12 nitrogen and oxygen atoms in total. The number of carbonyl (C=O) groups is 4. The summed E-state index contributed by atoms with van der Waals surface area (Å²) < 4.78 is 15.8. The van der Waals surface area contributed by atoms with Gasteiger partial charge in [0.05, 0.1) is 18.9 Å². The first kappa shape index (κ1) is 29.4. The Morgan fingerprint density at radius 2 is 1.72 bits per heavy atom. The van der Waals surface area contributed by atoms with Gasteiger partial charge in [0, 0.05) is 57.4 Å². The van der Waals surface area contributed by atoms with Crippen LogP contribution in [0.25, 0.3) is 11.3 Å². The second-order valence-corrected chi connectivity index (χ2v) is 8.75. The van der Waals surface area contributed by atoms with E-state index in [2.05, 4.69) is 10.3 Å². The second kappa shape index (κ2) is 14.7. The van der Waals surface area contributed by atoms with Crippen LogP contribution in [0, 0.1) is 0 Å². The van der Waals surface area contributed by atoms with Gasteiger partial charge in [-0.2, -0.15) is 0 Å². The highest BCUT2D eigenvalue weighted by molar-refractivity contribution is 5.97. The molecule has 1 fully saturated rings. The zero-order valence-electron chi connectivity index (χ0n) is 22.1. The minimum absolute atomic E-state index is 0.0176. The number of rotatable bonds is 12. The molecule has 1 aromatic carbocycles. The molecule has 2 N–H and O–H groups in total. The number of ether oxygens (including phenoxy) is 3. The summed E-state index contributed by atoms with van der Waals surface area (Å²) in [6.07, 6.45) is -0.871. The lowest BCUT2D eigenvalue weighted by molar-refractivity contribution is -0.138. The van der Waals surface area contributed by atoms with Crippen molar-refractivity contribution in [2.45, 2.75) is 25.8 Å². The summed E-state index contributed by atoms with van der Waals surface area (Å²) >= 11 is 0. The molecular weight excluding hydrogens is 508 g/mol. The summed E-state index contributed by atoms with van der Waals surface area (Å²) in [4.78, 5) is 57.4. The zero-order valence-corrected chi connectivity index (χ0v) is 22.1. The van der Waals surface area contributed by atoms with Crippen molar-refractivity contribution in [3.05, 3.63) is 48.2 Å². The van der Waals surface area contributed by atoms with Crippen molar-refractivity contribution in [3.8, 4) is 17.0 Å². The van der Waals surface area contributed by atoms with E-state index >= 15 is 0 Å². The molecule has 2 aromatic rings. The van der Waals surface area contributed by atoms with E-state index in [0.29, 0.717) is 18.1 Å². The molecule has 39 heavy (non-hydrogen) atoms. The minimum atomic E-state index is -1.09. The number of carboxylic acid groups (broad SMARTS) is 1. The number of hydrogen-bond acceptors (Lipinski definition) is 8. The first-order valence-electron chi connectivity index (χ1n) is 12.7. The Morgan fingerprint density at radius 1 is 1.03 bits per heavy atom. The number of aliphatic carboxylic acids is 1. The molecule has 0 aliphatic carbocycles. The third-order valence-electron chi connectivity index (χ3n) is 6.02. The summed E-state index contributed by atoms with van der Waals surface area (Å²) in [6.45, 7) is 3.58. The van der Waals surface area contributed by atoms with Crippen LogP contribution in [0.3, 0.4) is 0 Å². The van der Waals surface area contributed by atoms with Gasteiger partial charge in [-0.05, 0) is 13.3 Å². The van der Waals surface area contributed by atoms with E-state index in [-0.39, 0.29) is 57.9 Å². The fraction of sp³-hybridized carbons (Fsp3) is 0.444. The summed E-state index contributed by atoms with van der Waals surface area (Å²) in [5, 5.41) is 11.9. The summed E-state index contributed by atoms with van der Waals surface area (Å²) in [5.41, 5.74) is 1.28. The van der Waals surface area contributed by atoms with Gasteiger partial charge in [0.2, 0.25) is 5.91 Å². The molecule has 3 rings (SSSR count). The lowest BCUT2D eigenvalue weighted by Gasteiger charge is -2.35. The van der Waals surface area contributed by atoms with Gasteiger partial charge in [0.15, 0.2) is 0 Å². The highest BCUT2D eigenvalue weighted by Gasteiger charge is 2.31. The van der Waals surface area contributed by atoms with Gasteiger partial charge < -0.3 is 34.4 Å². The predicted molar refractivity (Wildman–Crippen MR) is 140 cm³/mol. The molecule has 0 unspecified atom stereocenters. The molecule has 1 aliphatic heterocycles. The Balaban J connectivity index is 1.78.